The maximum Gasteiger partial charge on any atom is 0.294 e. The fourth-order valence-electron chi connectivity index (χ4n) is 7.89. The number of anilines is 1. The lowest BCUT2D eigenvalue weighted by Crippen LogP contribution is -2.28. The van der Waals surface area contributed by atoms with Crippen molar-refractivity contribution < 1.29 is 40.0 Å². The summed E-state index contributed by atoms with van der Waals surface area (Å²) in [4.78, 5) is 12.8. The minimum absolute atomic E-state index is 0.182. The van der Waals surface area contributed by atoms with E-state index < -0.39 is 25.7 Å². The van der Waals surface area contributed by atoms with Gasteiger partial charge in [-0.15, -0.1) is 0 Å². The van der Waals surface area contributed by atoms with E-state index in [0.717, 1.165) is 72.1 Å². The summed E-state index contributed by atoms with van der Waals surface area (Å²) in [6.45, 7) is 12.9. The second-order valence-electron chi connectivity index (χ2n) is 15.4. The number of hydrogen-bond donors (Lipinski definition) is 2. The van der Waals surface area contributed by atoms with Gasteiger partial charge in [-0.25, -0.2) is 0 Å². The predicted octanol–water partition coefficient (Wildman–Crippen LogP) is 8.63. The largest absolute Gasteiger partial charge is 0.468 e. The van der Waals surface area contributed by atoms with Crippen molar-refractivity contribution in [3.63, 3.8) is 0 Å². The molecule has 3 aliphatic rings. The van der Waals surface area contributed by atoms with Crippen LogP contribution >= 0.6 is 15.9 Å². The van der Waals surface area contributed by atoms with Crippen molar-refractivity contribution in [3.05, 3.63) is 98.7 Å². The summed E-state index contributed by atoms with van der Waals surface area (Å²) < 4.78 is 74.0. The molecule has 13 heteroatoms. The molecule has 2 heterocycles. The first-order valence-electron chi connectivity index (χ1n) is 18.5. The van der Waals surface area contributed by atoms with Gasteiger partial charge >= 0.3 is 0 Å². The fraction of sp³-hybridized carbons (Fsp3) is 0.463. The highest BCUT2D eigenvalue weighted by atomic mass is 79.9. The van der Waals surface area contributed by atoms with Gasteiger partial charge in [0.1, 0.15) is 6.54 Å². The third-order valence-corrected chi connectivity index (χ3v) is 13.5. The zero-order valence-corrected chi connectivity index (χ0v) is 35.0. The predicted molar refractivity (Wildman–Crippen MR) is 217 cm³/mol. The maximum atomic E-state index is 12.1. The molecule has 0 unspecified atom stereocenters. The maximum absolute atomic E-state index is 12.1. The van der Waals surface area contributed by atoms with E-state index in [9.17, 15) is 30.7 Å². The number of fused-ring (bicyclic) bond motifs is 2. The normalized spacial score (nSPS) is 19.7. The van der Waals surface area contributed by atoms with Crippen LogP contribution in [0.5, 0.6) is 0 Å². The van der Waals surface area contributed by atoms with Crippen LogP contribution in [-0.2, 0) is 40.6 Å². The van der Waals surface area contributed by atoms with Gasteiger partial charge in [-0.2, -0.15) is 21.4 Å². The number of aryl methyl sites for hydroxylation is 1. The monoisotopic (exact) mass is 843 g/mol. The van der Waals surface area contributed by atoms with Gasteiger partial charge in [-0.1, -0.05) is 59.6 Å². The molecule has 2 N–H and O–H groups in total. The molecule has 0 spiro atoms. The Bertz CT molecular complexity index is 2160. The van der Waals surface area contributed by atoms with Crippen LogP contribution in [0.15, 0.2) is 86.9 Å². The van der Waals surface area contributed by atoms with E-state index in [1.54, 1.807) is 6.07 Å². The molecule has 1 aliphatic carbocycles. The Morgan fingerprint density at radius 2 is 1.65 bits per heavy atom. The van der Waals surface area contributed by atoms with Crippen LogP contribution in [0.1, 0.15) is 95.8 Å². The minimum Gasteiger partial charge on any atom is -0.468 e. The highest BCUT2D eigenvalue weighted by Crippen LogP contribution is 2.49. The molecule has 292 valence electrons. The molecule has 5 rings (SSSR count). The van der Waals surface area contributed by atoms with Crippen molar-refractivity contribution in [2.75, 3.05) is 30.3 Å². The van der Waals surface area contributed by atoms with E-state index >= 15 is 0 Å². The summed E-state index contributed by atoms with van der Waals surface area (Å²) >= 11 is 3.95. The van der Waals surface area contributed by atoms with Crippen molar-refractivity contribution >= 4 is 59.7 Å². The van der Waals surface area contributed by atoms with Gasteiger partial charge < -0.3 is 9.64 Å². The van der Waals surface area contributed by atoms with E-state index in [4.69, 9.17) is 4.74 Å². The Kier molecular flexibility index (Phi) is 13.0. The summed E-state index contributed by atoms with van der Waals surface area (Å²) in [6.07, 6.45) is 14.9. The molecule has 0 fully saturated rings. The number of ether oxygens (including phenoxy) is 1. The number of nitrogens with zero attached hydrogens (tertiary/aromatic N) is 2. The van der Waals surface area contributed by atoms with Crippen LogP contribution in [-0.4, -0.2) is 68.1 Å². The quantitative estimate of drug-likeness (QED) is 0.0736. The molecule has 2 aromatic rings. The summed E-state index contributed by atoms with van der Waals surface area (Å²) in [5.41, 5.74) is 8.93. The Balaban J connectivity index is 1.47. The van der Waals surface area contributed by atoms with E-state index in [1.807, 2.05) is 13.8 Å². The molecule has 2 aromatic carbocycles. The molecule has 0 radical (unpaired) electrons. The average molecular weight is 845 g/mol. The third kappa shape index (κ3) is 9.35. The fourth-order valence-corrected chi connectivity index (χ4v) is 9.62. The summed E-state index contributed by atoms with van der Waals surface area (Å²) in [5.74, 6) is -0.340. The van der Waals surface area contributed by atoms with Gasteiger partial charge in [0.2, 0.25) is 5.69 Å². The minimum atomic E-state index is -4.42. The Morgan fingerprint density at radius 1 is 0.889 bits per heavy atom. The molecule has 0 amide bonds. The number of rotatable bonds is 16. The van der Waals surface area contributed by atoms with Gasteiger partial charge in [0.05, 0.1) is 22.7 Å². The second-order valence-corrected chi connectivity index (χ2v) is 19.2. The van der Waals surface area contributed by atoms with Crippen LogP contribution < -0.4 is 4.90 Å². The second kappa shape index (κ2) is 16.8. The summed E-state index contributed by atoms with van der Waals surface area (Å²) in [6, 6.07) is 11.2. The lowest BCUT2D eigenvalue weighted by Gasteiger charge is -2.27. The molecule has 10 nitrogen and oxygen atoms in total. The Morgan fingerprint density at radius 3 is 2.35 bits per heavy atom. The van der Waals surface area contributed by atoms with Crippen molar-refractivity contribution in [2.45, 2.75) is 102 Å². The molecule has 0 saturated carbocycles. The molecule has 0 atom stereocenters. The molecule has 2 aliphatic heterocycles. The zero-order chi connectivity index (χ0) is 39.5. The number of carbonyl (C=O) groups excluding carboxylic acids is 1. The highest BCUT2D eigenvalue weighted by Gasteiger charge is 2.45. The van der Waals surface area contributed by atoms with Crippen molar-refractivity contribution in [3.8, 4) is 0 Å². The van der Waals surface area contributed by atoms with Crippen molar-refractivity contribution in [1.29, 1.82) is 0 Å². The van der Waals surface area contributed by atoms with Crippen molar-refractivity contribution in [2.24, 2.45) is 0 Å². The van der Waals surface area contributed by atoms with Crippen LogP contribution in [0.25, 0.3) is 0 Å². The number of halogens is 1. The van der Waals surface area contributed by atoms with Gasteiger partial charge in [-0.05, 0) is 107 Å². The molecular formula is C41H52BrN2O8S2+. The standard InChI is InChI=1S/C41H51BrN2O8S2/c1-29-14-18-35-33(26-29)40(2,3)37(43(35)22-7-6-9-24-52-28-45)20-15-30-12-11-13-31(39(30)42)16-21-38-41(4,5)34-27-32(54(49,50)51)17-19-36(34)44(38)23-8-10-25-53(46,47)48/h14-21,26-28H,6-13,22-25H2,1-5H3,(H-,46,47,48,49,50,51)/p+1. The van der Waals surface area contributed by atoms with E-state index in [2.05, 4.69) is 88.7 Å². The lowest BCUT2D eigenvalue weighted by molar-refractivity contribution is -0.438. The van der Waals surface area contributed by atoms with Gasteiger partial charge in [-0.3, -0.25) is 13.9 Å². The molecule has 0 saturated heterocycles. The molecular weight excluding hydrogens is 792 g/mol. The van der Waals surface area contributed by atoms with E-state index in [1.165, 1.54) is 40.2 Å². The number of benzene rings is 2. The van der Waals surface area contributed by atoms with Crippen LogP contribution in [0, 0.1) is 6.92 Å². The van der Waals surface area contributed by atoms with Gasteiger partial charge in [0.15, 0.2) is 5.71 Å². The average Bonchev–Trinajstić information content (AvgIpc) is 3.43. The van der Waals surface area contributed by atoms with E-state index in [0.29, 0.717) is 26.0 Å². The number of unbranched alkanes of at least 4 members (excludes halogenated alkanes) is 3. The topological polar surface area (TPSA) is 141 Å². The molecule has 0 aromatic heterocycles. The van der Waals surface area contributed by atoms with Crippen LogP contribution in [0.2, 0.25) is 0 Å². The first kappa shape index (κ1) is 41.8. The highest BCUT2D eigenvalue weighted by molar-refractivity contribution is 9.12. The number of hydrogen-bond acceptors (Lipinski definition) is 7. The van der Waals surface area contributed by atoms with E-state index in [-0.39, 0.29) is 22.5 Å². The van der Waals surface area contributed by atoms with Crippen molar-refractivity contribution in [1.82, 2.24) is 0 Å². The summed E-state index contributed by atoms with van der Waals surface area (Å²) in [7, 11) is -8.51. The smallest absolute Gasteiger partial charge is 0.294 e. The van der Waals surface area contributed by atoms with Gasteiger partial charge in [0.25, 0.3) is 26.7 Å². The first-order valence-corrected chi connectivity index (χ1v) is 22.3. The zero-order valence-electron chi connectivity index (χ0n) is 31.8. The number of allylic oxidation sites excluding steroid dienone is 8. The SMILES string of the molecule is Cc1ccc2c(c1)C(C)(C)C(=CC=C1CCCC(C=CC3=[N+](CCCCS(=O)(=O)O)c4ccc(S(=O)(=O)O)cc4C3(C)C)=C1Br)N2CCCCCOC=O. The number of carbonyl (C=O) groups is 1. The Labute approximate surface area is 329 Å². The third-order valence-electron chi connectivity index (χ3n) is 10.8. The summed E-state index contributed by atoms with van der Waals surface area (Å²) in [5, 5.41) is 0. The molecule has 0 bridgehead atoms. The lowest BCUT2D eigenvalue weighted by atomic mass is 9.81. The van der Waals surface area contributed by atoms with Crippen LogP contribution in [0.4, 0.5) is 11.4 Å². The first-order chi connectivity index (χ1) is 25.4. The molecule has 54 heavy (non-hydrogen) atoms. The Hall–Kier alpha value is -3.36. The van der Waals surface area contributed by atoms with Gasteiger partial charge in [0, 0.05) is 52.0 Å². The van der Waals surface area contributed by atoms with Crippen LogP contribution in [0.3, 0.4) is 0 Å².